The van der Waals surface area contributed by atoms with Gasteiger partial charge in [0.2, 0.25) is 5.91 Å². The van der Waals surface area contributed by atoms with Crippen LogP contribution in [0.5, 0.6) is 5.75 Å². The van der Waals surface area contributed by atoms with Gasteiger partial charge < -0.3 is 15.4 Å². The van der Waals surface area contributed by atoms with Crippen molar-refractivity contribution in [3.63, 3.8) is 0 Å². The van der Waals surface area contributed by atoms with Crippen molar-refractivity contribution in [3.8, 4) is 5.75 Å². The Morgan fingerprint density at radius 3 is 2.65 bits per heavy atom. The fourth-order valence-corrected chi connectivity index (χ4v) is 2.46. The Morgan fingerprint density at radius 2 is 1.91 bits per heavy atom. The van der Waals surface area contributed by atoms with Crippen LogP contribution >= 0.6 is 34.8 Å². The Morgan fingerprint density at radius 1 is 1.13 bits per heavy atom. The molecule has 122 valence electrons. The fraction of sp³-hybridized carbons (Fsp3) is 0.188. The van der Waals surface area contributed by atoms with Crippen molar-refractivity contribution in [2.24, 2.45) is 0 Å². The summed E-state index contributed by atoms with van der Waals surface area (Å²) >= 11 is 17.9. The summed E-state index contributed by atoms with van der Waals surface area (Å²) in [5.41, 5.74) is 1.22. The van der Waals surface area contributed by atoms with Crippen molar-refractivity contribution < 1.29 is 9.53 Å². The topological polar surface area (TPSA) is 50.4 Å². The minimum atomic E-state index is -0.178. The van der Waals surface area contributed by atoms with Crippen molar-refractivity contribution in [2.75, 3.05) is 24.3 Å². The number of anilines is 2. The first kappa shape index (κ1) is 17.7. The van der Waals surface area contributed by atoms with E-state index in [2.05, 4.69) is 10.6 Å². The molecule has 0 aliphatic rings. The Bertz CT molecular complexity index is 708. The molecule has 0 saturated heterocycles. The van der Waals surface area contributed by atoms with Crippen LogP contribution in [0.4, 0.5) is 11.4 Å². The molecule has 4 nitrogen and oxygen atoms in total. The van der Waals surface area contributed by atoms with Crippen LogP contribution in [-0.4, -0.2) is 19.6 Å². The Balaban J connectivity index is 1.90. The normalized spacial score (nSPS) is 10.3. The molecule has 0 unspecified atom stereocenters. The highest BCUT2D eigenvalue weighted by Crippen LogP contribution is 2.30. The first-order valence-corrected chi connectivity index (χ1v) is 7.96. The molecule has 0 fully saturated rings. The number of benzene rings is 2. The quantitative estimate of drug-likeness (QED) is 0.741. The van der Waals surface area contributed by atoms with E-state index in [0.717, 1.165) is 5.69 Å². The average molecular weight is 374 g/mol. The lowest BCUT2D eigenvalue weighted by molar-refractivity contribution is -0.115. The van der Waals surface area contributed by atoms with E-state index < -0.39 is 0 Å². The molecule has 0 aliphatic heterocycles. The maximum Gasteiger partial charge on any atom is 0.226 e. The van der Waals surface area contributed by atoms with E-state index >= 15 is 0 Å². The molecule has 0 bridgehead atoms. The minimum Gasteiger partial charge on any atom is -0.495 e. The summed E-state index contributed by atoms with van der Waals surface area (Å²) in [6.07, 6.45) is 0.249. The van der Waals surface area contributed by atoms with Gasteiger partial charge in [-0.05, 0) is 30.3 Å². The van der Waals surface area contributed by atoms with Gasteiger partial charge in [0.1, 0.15) is 5.75 Å². The van der Waals surface area contributed by atoms with Crippen LogP contribution in [0.25, 0.3) is 0 Å². The van der Waals surface area contributed by atoms with Crippen molar-refractivity contribution in [2.45, 2.75) is 6.42 Å². The summed E-state index contributed by atoms with van der Waals surface area (Å²) in [6.45, 7) is 0.417. The first-order valence-electron chi connectivity index (χ1n) is 6.82. The molecule has 0 radical (unpaired) electrons. The van der Waals surface area contributed by atoms with Crippen LogP contribution in [0, 0.1) is 0 Å². The van der Waals surface area contributed by atoms with E-state index in [1.54, 1.807) is 43.5 Å². The van der Waals surface area contributed by atoms with Gasteiger partial charge in [-0.1, -0.05) is 40.9 Å². The van der Waals surface area contributed by atoms with Gasteiger partial charge in [-0.25, -0.2) is 0 Å². The standard InChI is InChI=1S/C16H15Cl3N2O2/c1-23-14-6-5-10(17)9-13(14)20-8-7-15(22)21-12-4-2-3-11(18)16(12)19/h2-6,9,20H,7-8H2,1H3,(H,21,22). The number of methoxy groups -OCH3 is 1. The zero-order chi connectivity index (χ0) is 16.8. The average Bonchev–Trinajstić information content (AvgIpc) is 2.52. The van der Waals surface area contributed by atoms with Gasteiger partial charge in [-0.2, -0.15) is 0 Å². The monoisotopic (exact) mass is 372 g/mol. The summed E-state index contributed by atoms with van der Waals surface area (Å²) in [7, 11) is 1.57. The Labute approximate surface area is 149 Å². The third kappa shape index (κ3) is 4.93. The van der Waals surface area contributed by atoms with E-state index in [9.17, 15) is 4.79 Å². The lowest BCUT2D eigenvalue weighted by Gasteiger charge is -2.12. The molecule has 0 atom stereocenters. The second kappa shape index (κ2) is 8.29. The van der Waals surface area contributed by atoms with Crippen molar-refractivity contribution in [1.29, 1.82) is 0 Å². The lowest BCUT2D eigenvalue weighted by atomic mass is 10.2. The maximum atomic E-state index is 12.0. The molecule has 0 spiro atoms. The highest BCUT2D eigenvalue weighted by molar-refractivity contribution is 6.44. The first-order chi connectivity index (χ1) is 11.0. The number of hydrogen-bond acceptors (Lipinski definition) is 3. The van der Waals surface area contributed by atoms with Crippen LogP contribution in [-0.2, 0) is 4.79 Å². The summed E-state index contributed by atoms with van der Waals surface area (Å²) in [5.74, 6) is 0.482. The summed E-state index contributed by atoms with van der Waals surface area (Å²) in [5, 5.41) is 7.15. The third-order valence-electron chi connectivity index (χ3n) is 3.05. The minimum absolute atomic E-state index is 0.178. The number of rotatable bonds is 6. The molecule has 2 aromatic rings. The van der Waals surface area contributed by atoms with Gasteiger partial charge >= 0.3 is 0 Å². The number of hydrogen-bond donors (Lipinski definition) is 2. The molecule has 7 heteroatoms. The number of amides is 1. The molecule has 2 N–H and O–H groups in total. The fourth-order valence-electron chi connectivity index (χ4n) is 1.94. The highest BCUT2D eigenvalue weighted by Gasteiger charge is 2.09. The molecular weight excluding hydrogens is 359 g/mol. The van der Waals surface area contributed by atoms with Gasteiger partial charge in [0.25, 0.3) is 0 Å². The number of halogens is 3. The van der Waals surface area contributed by atoms with Gasteiger partial charge in [-0.3, -0.25) is 4.79 Å². The Hall–Kier alpha value is -1.62. The van der Waals surface area contributed by atoms with Crippen LogP contribution in [0.3, 0.4) is 0 Å². The predicted molar refractivity (Wildman–Crippen MR) is 96.2 cm³/mol. The molecule has 0 aliphatic carbocycles. The van der Waals surface area contributed by atoms with Crippen LogP contribution in [0.2, 0.25) is 15.1 Å². The maximum absolute atomic E-state index is 12.0. The molecule has 0 saturated carbocycles. The molecular formula is C16H15Cl3N2O2. The van der Waals surface area contributed by atoms with Gasteiger partial charge in [0, 0.05) is 18.0 Å². The second-order valence-corrected chi connectivity index (χ2v) is 5.89. The summed E-state index contributed by atoms with van der Waals surface area (Å²) in [4.78, 5) is 12.0. The van der Waals surface area contributed by atoms with Crippen molar-refractivity contribution >= 4 is 52.1 Å². The third-order valence-corrected chi connectivity index (χ3v) is 4.11. The van der Waals surface area contributed by atoms with Crippen molar-refractivity contribution in [3.05, 3.63) is 51.5 Å². The molecule has 2 rings (SSSR count). The van der Waals surface area contributed by atoms with Crippen molar-refractivity contribution in [1.82, 2.24) is 0 Å². The Kier molecular flexibility index (Phi) is 6.39. The number of nitrogens with one attached hydrogen (secondary N) is 2. The molecule has 0 aromatic heterocycles. The van der Waals surface area contributed by atoms with Crippen LogP contribution in [0.1, 0.15) is 6.42 Å². The SMILES string of the molecule is COc1ccc(Cl)cc1NCCC(=O)Nc1cccc(Cl)c1Cl. The number of carbonyl (C=O) groups is 1. The van der Waals surface area contributed by atoms with E-state index in [1.165, 1.54) is 0 Å². The molecule has 23 heavy (non-hydrogen) atoms. The lowest BCUT2D eigenvalue weighted by Crippen LogP contribution is -2.16. The van der Waals surface area contributed by atoms with Crippen LogP contribution < -0.4 is 15.4 Å². The van der Waals surface area contributed by atoms with Gasteiger partial charge in [0.15, 0.2) is 0 Å². The van der Waals surface area contributed by atoms with E-state index in [-0.39, 0.29) is 12.3 Å². The highest BCUT2D eigenvalue weighted by atomic mass is 35.5. The van der Waals surface area contributed by atoms with E-state index in [0.29, 0.717) is 33.0 Å². The van der Waals surface area contributed by atoms with Gasteiger partial charge in [-0.15, -0.1) is 0 Å². The van der Waals surface area contributed by atoms with Gasteiger partial charge in [0.05, 0.1) is 28.5 Å². The number of carbonyl (C=O) groups excluding carboxylic acids is 1. The summed E-state index contributed by atoms with van der Waals surface area (Å²) in [6, 6.07) is 10.3. The molecule has 1 amide bonds. The largest absolute Gasteiger partial charge is 0.495 e. The summed E-state index contributed by atoms with van der Waals surface area (Å²) < 4.78 is 5.23. The smallest absolute Gasteiger partial charge is 0.226 e. The predicted octanol–water partition coefficient (Wildman–Crippen LogP) is 5.10. The zero-order valence-corrected chi connectivity index (χ0v) is 14.6. The van der Waals surface area contributed by atoms with Crippen LogP contribution in [0.15, 0.2) is 36.4 Å². The second-order valence-electron chi connectivity index (χ2n) is 4.67. The van der Waals surface area contributed by atoms with E-state index in [4.69, 9.17) is 39.5 Å². The van der Waals surface area contributed by atoms with E-state index in [1.807, 2.05) is 0 Å². The molecule has 2 aromatic carbocycles. The number of ether oxygens (including phenoxy) is 1. The zero-order valence-electron chi connectivity index (χ0n) is 12.3. The molecule has 0 heterocycles.